The van der Waals surface area contributed by atoms with Crippen molar-refractivity contribution >= 4 is 6.03 Å². The number of para-hydroxylation sites is 1. The molecule has 0 radical (unpaired) electrons. The van der Waals surface area contributed by atoms with E-state index in [1.54, 1.807) is 0 Å². The number of hydrogen-bond acceptors (Lipinski definition) is 3. The molecule has 2 amide bonds. The van der Waals surface area contributed by atoms with Crippen LogP contribution >= 0.6 is 0 Å². The van der Waals surface area contributed by atoms with Gasteiger partial charge >= 0.3 is 6.03 Å². The number of rotatable bonds is 6. The van der Waals surface area contributed by atoms with E-state index in [0.717, 1.165) is 0 Å². The van der Waals surface area contributed by atoms with Crippen molar-refractivity contribution < 1.29 is 14.6 Å². The van der Waals surface area contributed by atoms with Crippen LogP contribution in [-0.4, -0.2) is 42.5 Å². The third-order valence-electron chi connectivity index (χ3n) is 2.24. The van der Waals surface area contributed by atoms with E-state index in [0.29, 0.717) is 18.8 Å². The number of hydrogen-bond donors (Lipinski definition) is 2. The van der Waals surface area contributed by atoms with Gasteiger partial charge in [0, 0.05) is 13.1 Å². The number of benzene rings is 1. The number of urea groups is 1. The van der Waals surface area contributed by atoms with Gasteiger partial charge in [-0.05, 0) is 19.1 Å². The van der Waals surface area contributed by atoms with Gasteiger partial charge in [0.15, 0.2) is 6.73 Å². The van der Waals surface area contributed by atoms with E-state index in [-0.39, 0.29) is 19.4 Å². The van der Waals surface area contributed by atoms with E-state index in [1.165, 1.54) is 4.90 Å². The number of likely N-dealkylation sites (N-methyl/N-ethyl adjacent to an activating group) is 1. The molecule has 0 fully saturated rings. The molecule has 0 aliphatic heterocycles. The highest BCUT2D eigenvalue weighted by Gasteiger charge is 2.09. The predicted octanol–water partition coefficient (Wildman–Crippen LogP) is 1.05. The summed E-state index contributed by atoms with van der Waals surface area (Å²) >= 11 is 0. The average molecular weight is 238 g/mol. The molecule has 0 atom stereocenters. The highest BCUT2D eigenvalue weighted by molar-refractivity contribution is 5.73. The third-order valence-corrected chi connectivity index (χ3v) is 2.24. The summed E-state index contributed by atoms with van der Waals surface area (Å²) in [4.78, 5) is 13.1. The Hall–Kier alpha value is -1.75. The number of amides is 2. The van der Waals surface area contributed by atoms with Crippen molar-refractivity contribution in [2.24, 2.45) is 0 Å². The first-order valence-electron chi connectivity index (χ1n) is 5.59. The highest BCUT2D eigenvalue weighted by atomic mass is 16.5. The highest BCUT2D eigenvalue weighted by Crippen LogP contribution is 2.07. The van der Waals surface area contributed by atoms with Crippen molar-refractivity contribution in [3.05, 3.63) is 30.3 Å². The minimum Gasteiger partial charge on any atom is -0.473 e. The molecule has 0 bridgehead atoms. The normalized spacial score (nSPS) is 9.76. The number of ether oxygens (including phenoxy) is 1. The SMILES string of the molecule is CCN(CCO)C(=O)NCOc1ccccc1. The van der Waals surface area contributed by atoms with Gasteiger partial charge in [-0.25, -0.2) is 4.79 Å². The summed E-state index contributed by atoms with van der Waals surface area (Å²) in [5.74, 6) is 0.706. The van der Waals surface area contributed by atoms with E-state index in [2.05, 4.69) is 5.32 Å². The van der Waals surface area contributed by atoms with Crippen LogP contribution in [0.25, 0.3) is 0 Å². The molecule has 5 heteroatoms. The van der Waals surface area contributed by atoms with Gasteiger partial charge < -0.3 is 20.1 Å². The van der Waals surface area contributed by atoms with Crippen LogP contribution in [0.2, 0.25) is 0 Å². The summed E-state index contributed by atoms with van der Waals surface area (Å²) in [5.41, 5.74) is 0. The Kier molecular flexibility index (Phi) is 5.88. The standard InChI is InChI=1S/C12H18N2O3/c1-2-14(8-9-15)12(16)13-10-17-11-6-4-3-5-7-11/h3-7,15H,2,8-10H2,1H3,(H,13,16). The third kappa shape index (κ3) is 4.74. The van der Waals surface area contributed by atoms with Crippen molar-refractivity contribution in [2.45, 2.75) is 6.92 Å². The number of carbonyl (C=O) groups is 1. The van der Waals surface area contributed by atoms with Crippen LogP contribution in [0.15, 0.2) is 30.3 Å². The molecule has 0 aliphatic carbocycles. The molecule has 2 N–H and O–H groups in total. The zero-order valence-electron chi connectivity index (χ0n) is 9.93. The van der Waals surface area contributed by atoms with Crippen LogP contribution in [0.1, 0.15) is 6.92 Å². The smallest absolute Gasteiger partial charge is 0.320 e. The van der Waals surface area contributed by atoms with Gasteiger partial charge in [-0.15, -0.1) is 0 Å². The van der Waals surface area contributed by atoms with E-state index >= 15 is 0 Å². The molecule has 0 saturated heterocycles. The average Bonchev–Trinajstić information content (AvgIpc) is 2.37. The monoisotopic (exact) mass is 238 g/mol. The Balaban J connectivity index is 2.28. The quantitative estimate of drug-likeness (QED) is 0.728. The fraction of sp³-hybridized carbons (Fsp3) is 0.417. The molecule has 0 unspecified atom stereocenters. The lowest BCUT2D eigenvalue weighted by atomic mass is 10.3. The maximum absolute atomic E-state index is 11.6. The Labute approximate surface area is 101 Å². The maximum Gasteiger partial charge on any atom is 0.320 e. The Morgan fingerprint density at radius 3 is 2.71 bits per heavy atom. The molecule has 0 aliphatic rings. The van der Waals surface area contributed by atoms with Crippen LogP contribution in [0.4, 0.5) is 4.79 Å². The summed E-state index contributed by atoms with van der Waals surface area (Å²) in [6.45, 7) is 2.81. The van der Waals surface area contributed by atoms with Crippen molar-refractivity contribution in [1.82, 2.24) is 10.2 Å². The van der Waals surface area contributed by atoms with Crippen molar-refractivity contribution in [3.8, 4) is 5.75 Å². The molecule has 1 rings (SSSR count). The second kappa shape index (κ2) is 7.51. The summed E-state index contributed by atoms with van der Waals surface area (Å²) in [5, 5.41) is 11.4. The van der Waals surface area contributed by atoms with Crippen molar-refractivity contribution in [2.75, 3.05) is 26.4 Å². The molecule has 0 aromatic heterocycles. The molecular formula is C12H18N2O3. The zero-order valence-corrected chi connectivity index (χ0v) is 9.93. The van der Waals surface area contributed by atoms with Gasteiger partial charge in [0.1, 0.15) is 5.75 Å². The molecule has 5 nitrogen and oxygen atoms in total. The number of nitrogens with one attached hydrogen (secondary N) is 1. The molecule has 1 aromatic rings. The van der Waals surface area contributed by atoms with Gasteiger partial charge in [-0.1, -0.05) is 18.2 Å². The number of carbonyl (C=O) groups excluding carboxylic acids is 1. The largest absolute Gasteiger partial charge is 0.473 e. The second-order valence-corrected chi connectivity index (χ2v) is 3.39. The van der Waals surface area contributed by atoms with Crippen LogP contribution in [-0.2, 0) is 0 Å². The predicted molar refractivity (Wildman–Crippen MR) is 64.8 cm³/mol. The fourth-order valence-corrected chi connectivity index (χ4v) is 1.33. The molecule has 94 valence electrons. The molecule has 1 aromatic carbocycles. The maximum atomic E-state index is 11.6. The summed E-state index contributed by atoms with van der Waals surface area (Å²) in [6, 6.07) is 9.01. The van der Waals surface area contributed by atoms with Crippen LogP contribution in [0, 0.1) is 0 Å². The molecule has 0 saturated carbocycles. The van der Waals surface area contributed by atoms with Crippen LogP contribution < -0.4 is 10.1 Å². The van der Waals surface area contributed by atoms with E-state index in [9.17, 15) is 4.79 Å². The summed E-state index contributed by atoms with van der Waals surface area (Å²) in [7, 11) is 0. The van der Waals surface area contributed by atoms with Crippen LogP contribution in [0.3, 0.4) is 0 Å². The van der Waals surface area contributed by atoms with Crippen molar-refractivity contribution in [1.29, 1.82) is 0 Å². The first-order chi connectivity index (χ1) is 8.27. The van der Waals surface area contributed by atoms with E-state index in [4.69, 9.17) is 9.84 Å². The molecule has 0 heterocycles. The first kappa shape index (κ1) is 13.3. The topological polar surface area (TPSA) is 61.8 Å². The minimum absolute atomic E-state index is 0.0409. The zero-order chi connectivity index (χ0) is 12.5. The summed E-state index contributed by atoms with van der Waals surface area (Å²) < 4.78 is 5.33. The molecule has 0 spiro atoms. The molecular weight excluding hydrogens is 220 g/mol. The Bertz CT molecular complexity index is 330. The van der Waals surface area contributed by atoms with Crippen molar-refractivity contribution in [3.63, 3.8) is 0 Å². The van der Waals surface area contributed by atoms with Crippen LogP contribution in [0.5, 0.6) is 5.75 Å². The Morgan fingerprint density at radius 2 is 2.12 bits per heavy atom. The number of aliphatic hydroxyl groups excluding tert-OH is 1. The van der Waals surface area contributed by atoms with Gasteiger partial charge in [0.25, 0.3) is 0 Å². The van der Waals surface area contributed by atoms with E-state index < -0.39 is 0 Å². The lowest BCUT2D eigenvalue weighted by Crippen LogP contribution is -2.42. The van der Waals surface area contributed by atoms with Gasteiger partial charge in [-0.3, -0.25) is 0 Å². The van der Waals surface area contributed by atoms with Gasteiger partial charge in [0.05, 0.1) is 6.61 Å². The van der Waals surface area contributed by atoms with Gasteiger partial charge in [-0.2, -0.15) is 0 Å². The number of aliphatic hydroxyl groups is 1. The van der Waals surface area contributed by atoms with Gasteiger partial charge in [0.2, 0.25) is 0 Å². The molecule has 17 heavy (non-hydrogen) atoms. The summed E-state index contributed by atoms with van der Waals surface area (Å²) in [6.07, 6.45) is 0. The Morgan fingerprint density at radius 1 is 1.41 bits per heavy atom. The first-order valence-corrected chi connectivity index (χ1v) is 5.59. The van der Waals surface area contributed by atoms with E-state index in [1.807, 2.05) is 37.3 Å². The number of nitrogens with zero attached hydrogens (tertiary/aromatic N) is 1. The fourth-order valence-electron chi connectivity index (χ4n) is 1.33. The second-order valence-electron chi connectivity index (χ2n) is 3.39. The minimum atomic E-state index is -0.238. The lowest BCUT2D eigenvalue weighted by Gasteiger charge is -2.20. The lowest BCUT2D eigenvalue weighted by molar-refractivity contribution is 0.170.